The van der Waals surface area contributed by atoms with Gasteiger partial charge in [-0.15, -0.1) is 5.10 Å². The van der Waals surface area contributed by atoms with Crippen molar-refractivity contribution in [2.75, 3.05) is 12.3 Å². The number of hydrogen-bond acceptors (Lipinski definition) is 8. The summed E-state index contributed by atoms with van der Waals surface area (Å²) in [7, 11) is 0. The third-order valence-electron chi connectivity index (χ3n) is 4.47. The minimum absolute atomic E-state index is 0.120. The van der Waals surface area contributed by atoms with Gasteiger partial charge >= 0.3 is 0 Å². The van der Waals surface area contributed by atoms with Gasteiger partial charge in [-0.2, -0.15) is 5.26 Å². The molecule has 9 heteroatoms. The SMILES string of the molecule is CCOCc1cccc(Cn2cc(-c3cc(-c4cccc(C#N)c4)nc(N)n3)nn2)n1. The van der Waals surface area contributed by atoms with Gasteiger partial charge in [-0.05, 0) is 37.3 Å². The number of anilines is 1. The average Bonchev–Trinajstić information content (AvgIpc) is 3.26. The Balaban J connectivity index is 1.58. The molecule has 0 unspecified atom stereocenters. The molecule has 0 amide bonds. The van der Waals surface area contributed by atoms with Crippen LogP contribution in [0, 0.1) is 11.3 Å². The molecule has 1 aromatic carbocycles. The summed E-state index contributed by atoms with van der Waals surface area (Å²) in [6.07, 6.45) is 1.79. The van der Waals surface area contributed by atoms with E-state index in [9.17, 15) is 0 Å². The third kappa shape index (κ3) is 4.88. The van der Waals surface area contributed by atoms with Crippen molar-refractivity contribution in [2.24, 2.45) is 0 Å². The lowest BCUT2D eigenvalue weighted by Crippen LogP contribution is -2.05. The zero-order valence-electron chi connectivity index (χ0n) is 16.9. The molecule has 0 radical (unpaired) electrons. The van der Waals surface area contributed by atoms with Crippen LogP contribution in [0.1, 0.15) is 23.9 Å². The Bertz CT molecular complexity index is 1240. The van der Waals surface area contributed by atoms with Gasteiger partial charge in [0.15, 0.2) is 0 Å². The lowest BCUT2D eigenvalue weighted by molar-refractivity contribution is 0.131. The van der Waals surface area contributed by atoms with Gasteiger partial charge in [0.05, 0.1) is 53.8 Å². The van der Waals surface area contributed by atoms with Crippen molar-refractivity contribution in [2.45, 2.75) is 20.1 Å². The highest BCUT2D eigenvalue weighted by atomic mass is 16.5. The van der Waals surface area contributed by atoms with E-state index < -0.39 is 0 Å². The molecule has 0 aliphatic heterocycles. The molecule has 4 rings (SSSR count). The monoisotopic (exact) mass is 412 g/mol. The van der Waals surface area contributed by atoms with Gasteiger partial charge in [0.1, 0.15) is 5.69 Å². The largest absolute Gasteiger partial charge is 0.375 e. The fraction of sp³-hybridized carbons (Fsp3) is 0.182. The van der Waals surface area contributed by atoms with Crippen LogP contribution in [0.15, 0.2) is 54.7 Å². The van der Waals surface area contributed by atoms with E-state index in [4.69, 9.17) is 15.7 Å². The summed E-state index contributed by atoms with van der Waals surface area (Å²) in [5.74, 6) is 0.120. The van der Waals surface area contributed by atoms with Crippen molar-refractivity contribution in [1.29, 1.82) is 5.26 Å². The summed E-state index contributed by atoms with van der Waals surface area (Å²) in [6.45, 7) is 3.53. The maximum atomic E-state index is 9.14. The van der Waals surface area contributed by atoms with Crippen LogP contribution in [-0.4, -0.2) is 36.6 Å². The van der Waals surface area contributed by atoms with E-state index in [1.54, 1.807) is 35.1 Å². The van der Waals surface area contributed by atoms with Gasteiger partial charge in [-0.3, -0.25) is 4.98 Å². The molecule has 2 N–H and O–H groups in total. The second kappa shape index (κ2) is 9.11. The van der Waals surface area contributed by atoms with E-state index in [1.807, 2.05) is 31.2 Å². The number of nitriles is 1. The number of nitrogens with two attached hydrogens (primary N) is 1. The van der Waals surface area contributed by atoms with Crippen molar-refractivity contribution in [1.82, 2.24) is 29.9 Å². The number of nitrogen functional groups attached to an aromatic ring is 1. The summed E-state index contributed by atoms with van der Waals surface area (Å²) >= 11 is 0. The molecule has 0 atom stereocenters. The third-order valence-corrected chi connectivity index (χ3v) is 4.47. The Morgan fingerprint density at radius 2 is 1.81 bits per heavy atom. The van der Waals surface area contributed by atoms with Crippen LogP contribution < -0.4 is 5.73 Å². The summed E-state index contributed by atoms with van der Waals surface area (Å²) in [5.41, 5.74) is 10.7. The second-order valence-corrected chi connectivity index (χ2v) is 6.75. The number of ether oxygens (including phenoxy) is 1. The van der Waals surface area contributed by atoms with Crippen molar-refractivity contribution in [3.63, 3.8) is 0 Å². The van der Waals surface area contributed by atoms with E-state index in [2.05, 4.69) is 31.3 Å². The molecule has 9 nitrogen and oxygen atoms in total. The average molecular weight is 412 g/mol. The molecule has 0 saturated carbocycles. The van der Waals surface area contributed by atoms with Crippen molar-refractivity contribution in [3.05, 3.63) is 71.7 Å². The Labute approximate surface area is 179 Å². The lowest BCUT2D eigenvalue weighted by Gasteiger charge is -2.05. The minimum Gasteiger partial charge on any atom is -0.375 e. The maximum absolute atomic E-state index is 9.14. The van der Waals surface area contributed by atoms with Crippen LogP contribution >= 0.6 is 0 Å². The van der Waals surface area contributed by atoms with Crippen molar-refractivity contribution in [3.8, 4) is 28.7 Å². The smallest absolute Gasteiger partial charge is 0.221 e. The highest BCUT2D eigenvalue weighted by molar-refractivity contribution is 5.68. The van der Waals surface area contributed by atoms with Crippen LogP contribution in [0.4, 0.5) is 5.95 Å². The van der Waals surface area contributed by atoms with Gasteiger partial charge in [0.25, 0.3) is 0 Å². The topological polar surface area (TPSA) is 128 Å². The lowest BCUT2D eigenvalue weighted by atomic mass is 10.1. The van der Waals surface area contributed by atoms with E-state index >= 15 is 0 Å². The Hall–Kier alpha value is -4.16. The molecule has 4 aromatic rings. The molecule has 3 aromatic heterocycles. The van der Waals surface area contributed by atoms with Gasteiger partial charge in [-0.25, -0.2) is 14.6 Å². The molecule has 0 bridgehead atoms. The first-order chi connectivity index (χ1) is 15.1. The van der Waals surface area contributed by atoms with Crippen LogP contribution in [0.5, 0.6) is 0 Å². The van der Waals surface area contributed by atoms with Gasteiger partial charge in [0.2, 0.25) is 5.95 Å². The molecular weight excluding hydrogens is 392 g/mol. The fourth-order valence-corrected chi connectivity index (χ4v) is 3.06. The van der Waals surface area contributed by atoms with E-state index in [0.717, 1.165) is 17.0 Å². The second-order valence-electron chi connectivity index (χ2n) is 6.75. The predicted molar refractivity (Wildman–Crippen MR) is 114 cm³/mol. The molecule has 3 heterocycles. The number of benzene rings is 1. The maximum Gasteiger partial charge on any atom is 0.221 e. The summed E-state index contributed by atoms with van der Waals surface area (Å²) < 4.78 is 7.11. The zero-order chi connectivity index (χ0) is 21.6. The molecule has 0 fully saturated rings. The first kappa shape index (κ1) is 20.1. The quantitative estimate of drug-likeness (QED) is 0.491. The number of aromatic nitrogens is 6. The normalized spacial score (nSPS) is 10.7. The van der Waals surface area contributed by atoms with Gasteiger partial charge in [0, 0.05) is 12.2 Å². The molecule has 0 saturated heterocycles. The van der Waals surface area contributed by atoms with Crippen molar-refractivity contribution >= 4 is 5.95 Å². The first-order valence-electron chi connectivity index (χ1n) is 9.72. The standard InChI is InChI=1S/C22H20N8O/c1-2-31-14-18-8-4-7-17(25-18)12-30-13-21(28-29-30)20-10-19(26-22(24)27-20)16-6-3-5-15(9-16)11-23/h3-10,13H,2,12,14H2,1H3,(H2,24,26,27). The van der Waals surface area contributed by atoms with Crippen LogP contribution in [0.3, 0.4) is 0 Å². The molecule has 31 heavy (non-hydrogen) atoms. The number of pyridine rings is 1. The van der Waals surface area contributed by atoms with E-state index in [1.165, 1.54) is 0 Å². The van der Waals surface area contributed by atoms with Crippen molar-refractivity contribution < 1.29 is 4.74 Å². The molecule has 0 spiro atoms. The van der Waals surface area contributed by atoms with Crippen LogP contribution in [0.25, 0.3) is 22.6 Å². The number of hydrogen-bond donors (Lipinski definition) is 1. The molecule has 0 aliphatic rings. The van der Waals surface area contributed by atoms with E-state index in [-0.39, 0.29) is 5.95 Å². The minimum atomic E-state index is 0.120. The zero-order valence-corrected chi connectivity index (χ0v) is 16.9. The highest BCUT2D eigenvalue weighted by Crippen LogP contribution is 2.24. The van der Waals surface area contributed by atoms with Crippen LogP contribution in [0.2, 0.25) is 0 Å². The fourth-order valence-electron chi connectivity index (χ4n) is 3.06. The summed E-state index contributed by atoms with van der Waals surface area (Å²) in [4.78, 5) is 13.2. The highest BCUT2D eigenvalue weighted by Gasteiger charge is 2.11. The predicted octanol–water partition coefficient (Wildman–Crippen LogP) is 2.84. The van der Waals surface area contributed by atoms with Gasteiger partial charge < -0.3 is 10.5 Å². The Morgan fingerprint density at radius 1 is 1.00 bits per heavy atom. The van der Waals surface area contributed by atoms with Gasteiger partial charge in [-0.1, -0.05) is 23.4 Å². The molecule has 0 aliphatic carbocycles. The van der Waals surface area contributed by atoms with E-state index in [0.29, 0.717) is 42.4 Å². The Morgan fingerprint density at radius 3 is 2.65 bits per heavy atom. The number of nitrogens with zero attached hydrogens (tertiary/aromatic N) is 7. The molecule has 154 valence electrons. The Kier molecular flexibility index (Phi) is 5.91. The summed E-state index contributed by atoms with van der Waals surface area (Å²) in [5, 5.41) is 17.6. The van der Waals surface area contributed by atoms with Crippen LogP contribution in [-0.2, 0) is 17.9 Å². The summed E-state index contributed by atoms with van der Waals surface area (Å²) in [6, 6.07) is 16.9. The molecular formula is C22H20N8O. The first-order valence-corrected chi connectivity index (χ1v) is 9.72. The number of rotatable bonds is 7.